The third kappa shape index (κ3) is 2.82. The summed E-state index contributed by atoms with van der Waals surface area (Å²) in [4.78, 5) is 10.8. The minimum Gasteiger partial charge on any atom is -0.496 e. The van der Waals surface area contributed by atoms with Gasteiger partial charge in [-0.2, -0.15) is 13.2 Å². The van der Waals surface area contributed by atoms with E-state index in [0.29, 0.717) is 28.7 Å². The molecule has 5 heteroatoms. The number of aldehydes is 1. The van der Waals surface area contributed by atoms with Crippen LogP contribution in [-0.2, 0) is 6.18 Å². The second-order valence-corrected chi connectivity index (χ2v) is 4.15. The highest BCUT2D eigenvalue weighted by Crippen LogP contribution is 2.33. The summed E-state index contributed by atoms with van der Waals surface area (Å²) < 4.78 is 43.1. The van der Waals surface area contributed by atoms with Gasteiger partial charge in [-0.3, -0.25) is 4.79 Å². The molecule has 0 aliphatic rings. The maximum atomic E-state index is 12.7. The monoisotopic (exact) mass is 280 g/mol. The number of ether oxygens (including phenoxy) is 1. The molecule has 2 rings (SSSR count). The molecule has 2 aromatic carbocycles. The predicted molar refractivity (Wildman–Crippen MR) is 68.8 cm³/mol. The molecule has 0 atom stereocenters. The highest BCUT2D eigenvalue weighted by molar-refractivity contribution is 5.82. The fourth-order valence-corrected chi connectivity index (χ4v) is 1.86. The molecule has 0 saturated carbocycles. The van der Waals surface area contributed by atoms with E-state index in [9.17, 15) is 18.0 Å². The number of hydrogen-bond donors (Lipinski definition) is 0. The van der Waals surface area contributed by atoms with E-state index in [1.807, 2.05) is 0 Å². The van der Waals surface area contributed by atoms with Gasteiger partial charge in [-0.05, 0) is 35.4 Å². The van der Waals surface area contributed by atoms with E-state index in [1.54, 1.807) is 18.2 Å². The Morgan fingerprint density at radius 1 is 1.05 bits per heavy atom. The summed E-state index contributed by atoms with van der Waals surface area (Å²) in [6.45, 7) is 0. The van der Waals surface area contributed by atoms with Gasteiger partial charge in [0.05, 0.1) is 18.2 Å². The Hall–Kier alpha value is -2.30. The molecule has 0 fully saturated rings. The molecule has 0 aliphatic heterocycles. The third-order valence-electron chi connectivity index (χ3n) is 2.88. The van der Waals surface area contributed by atoms with Gasteiger partial charge in [0, 0.05) is 0 Å². The Kier molecular flexibility index (Phi) is 3.79. The van der Waals surface area contributed by atoms with E-state index in [0.717, 1.165) is 12.1 Å². The lowest BCUT2D eigenvalue weighted by atomic mass is 10.0. The molecule has 2 aromatic rings. The lowest BCUT2D eigenvalue weighted by molar-refractivity contribution is -0.137. The smallest absolute Gasteiger partial charge is 0.416 e. The van der Waals surface area contributed by atoms with Crippen molar-refractivity contribution in [2.75, 3.05) is 7.11 Å². The molecule has 104 valence electrons. The van der Waals surface area contributed by atoms with Crippen molar-refractivity contribution < 1.29 is 22.7 Å². The fourth-order valence-electron chi connectivity index (χ4n) is 1.86. The minimum absolute atomic E-state index is 0.329. The third-order valence-corrected chi connectivity index (χ3v) is 2.88. The van der Waals surface area contributed by atoms with E-state index < -0.39 is 11.7 Å². The zero-order chi connectivity index (χ0) is 14.8. The molecule has 2 nitrogen and oxygen atoms in total. The first-order valence-corrected chi connectivity index (χ1v) is 5.76. The summed E-state index contributed by atoms with van der Waals surface area (Å²) in [6.07, 6.45) is -3.75. The van der Waals surface area contributed by atoms with Gasteiger partial charge in [-0.15, -0.1) is 0 Å². The standard InChI is InChI=1S/C15H11F3O2/c1-20-14-8-11(5-6-12(14)9-19)10-3-2-4-13(7-10)15(16,17)18/h2-9H,1H3. The van der Waals surface area contributed by atoms with E-state index in [-0.39, 0.29) is 0 Å². The van der Waals surface area contributed by atoms with Crippen LogP contribution in [0.1, 0.15) is 15.9 Å². The number of hydrogen-bond acceptors (Lipinski definition) is 2. The summed E-state index contributed by atoms with van der Waals surface area (Å²) in [6, 6.07) is 9.64. The van der Waals surface area contributed by atoms with E-state index >= 15 is 0 Å². The lowest BCUT2D eigenvalue weighted by Crippen LogP contribution is -2.04. The molecule has 20 heavy (non-hydrogen) atoms. The van der Waals surface area contributed by atoms with Crippen molar-refractivity contribution in [3.63, 3.8) is 0 Å². The Balaban J connectivity index is 2.49. The zero-order valence-corrected chi connectivity index (χ0v) is 10.6. The van der Waals surface area contributed by atoms with Crippen LogP contribution in [0.3, 0.4) is 0 Å². The fraction of sp³-hybridized carbons (Fsp3) is 0.133. The van der Waals surface area contributed by atoms with Crippen LogP contribution in [0, 0.1) is 0 Å². The van der Waals surface area contributed by atoms with Gasteiger partial charge >= 0.3 is 6.18 Å². The van der Waals surface area contributed by atoms with Crippen molar-refractivity contribution in [2.45, 2.75) is 6.18 Å². The summed E-state index contributed by atoms with van der Waals surface area (Å²) in [5, 5.41) is 0. The second kappa shape index (κ2) is 5.36. The topological polar surface area (TPSA) is 26.3 Å². The summed E-state index contributed by atoms with van der Waals surface area (Å²) in [5.41, 5.74) is 0.603. The highest BCUT2D eigenvalue weighted by atomic mass is 19.4. The molecular weight excluding hydrogens is 269 g/mol. The van der Waals surface area contributed by atoms with Crippen LogP contribution in [0.15, 0.2) is 42.5 Å². The van der Waals surface area contributed by atoms with E-state index in [1.165, 1.54) is 19.2 Å². The summed E-state index contributed by atoms with van der Waals surface area (Å²) in [5.74, 6) is 0.329. The molecule has 0 spiro atoms. The van der Waals surface area contributed by atoms with Crippen LogP contribution in [0.2, 0.25) is 0 Å². The van der Waals surface area contributed by atoms with Gasteiger partial charge in [0.1, 0.15) is 5.75 Å². The zero-order valence-electron chi connectivity index (χ0n) is 10.6. The largest absolute Gasteiger partial charge is 0.496 e. The van der Waals surface area contributed by atoms with Crippen LogP contribution in [0.25, 0.3) is 11.1 Å². The van der Waals surface area contributed by atoms with Crippen molar-refractivity contribution >= 4 is 6.29 Å². The molecule has 0 saturated heterocycles. The average Bonchev–Trinajstić information content (AvgIpc) is 2.45. The molecule has 0 radical (unpaired) electrons. The number of rotatable bonds is 3. The number of halogens is 3. The quantitative estimate of drug-likeness (QED) is 0.788. The SMILES string of the molecule is COc1cc(-c2cccc(C(F)(F)F)c2)ccc1C=O. The van der Waals surface area contributed by atoms with Crippen molar-refractivity contribution in [3.8, 4) is 16.9 Å². The van der Waals surface area contributed by atoms with Crippen LogP contribution in [-0.4, -0.2) is 13.4 Å². The maximum Gasteiger partial charge on any atom is 0.416 e. The van der Waals surface area contributed by atoms with Crippen molar-refractivity contribution in [1.82, 2.24) is 0 Å². The van der Waals surface area contributed by atoms with Gasteiger partial charge in [-0.1, -0.05) is 18.2 Å². The van der Waals surface area contributed by atoms with Gasteiger partial charge in [0.25, 0.3) is 0 Å². The van der Waals surface area contributed by atoms with Crippen molar-refractivity contribution in [3.05, 3.63) is 53.6 Å². The molecule has 0 bridgehead atoms. The van der Waals surface area contributed by atoms with Crippen LogP contribution >= 0.6 is 0 Å². The first kappa shape index (κ1) is 14.1. The van der Waals surface area contributed by atoms with Gasteiger partial charge < -0.3 is 4.74 Å². The molecule has 0 heterocycles. The normalized spacial score (nSPS) is 11.2. The van der Waals surface area contributed by atoms with Crippen molar-refractivity contribution in [2.24, 2.45) is 0 Å². The lowest BCUT2D eigenvalue weighted by Gasteiger charge is -2.10. The molecule has 0 amide bonds. The second-order valence-electron chi connectivity index (χ2n) is 4.15. The molecular formula is C15H11F3O2. The molecule has 0 unspecified atom stereocenters. The van der Waals surface area contributed by atoms with Crippen molar-refractivity contribution in [1.29, 1.82) is 0 Å². The van der Waals surface area contributed by atoms with E-state index in [2.05, 4.69) is 0 Å². The molecule has 0 N–H and O–H groups in total. The Morgan fingerprint density at radius 3 is 2.35 bits per heavy atom. The van der Waals surface area contributed by atoms with Crippen LogP contribution in [0.4, 0.5) is 13.2 Å². The Bertz CT molecular complexity index is 633. The average molecular weight is 280 g/mol. The molecule has 0 aromatic heterocycles. The number of alkyl halides is 3. The van der Waals surface area contributed by atoms with Crippen LogP contribution in [0.5, 0.6) is 5.75 Å². The summed E-state index contributed by atoms with van der Waals surface area (Å²) in [7, 11) is 1.40. The first-order chi connectivity index (χ1) is 9.45. The number of carbonyl (C=O) groups is 1. The molecule has 0 aliphatic carbocycles. The minimum atomic E-state index is -4.39. The first-order valence-electron chi connectivity index (χ1n) is 5.76. The van der Waals surface area contributed by atoms with Gasteiger partial charge in [0.15, 0.2) is 6.29 Å². The van der Waals surface area contributed by atoms with E-state index in [4.69, 9.17) is 4.74 Å². The number of carbonyl (C=O) groups excluding carboxylic acids is 1. The van der Waals surface area contributed by atoms with Gasteiger partial charge in [-0.25, -0.2) is 0 Å². The summed E-state index contributed by atoms with van der Waals surface area (Å²) >= 11 is 0. The van der Waals surface area contributed by atoms with Crippen LogP contribution < -0.4 is 4.74 Å². The predicted octanol–water partition coefficient (Wildman–Crippen LogP) is 4.19. The highest BCUT2D eigenvalue weighted by Gasteiger charge is 2.30. The van der Waals surface area contributed by atoms with Gasteiger partial charge in [0.2, 0.25) is 0 Å². The Labute approximate surface area is 113 Å². The maximum absolute atomic E-state index is 12.7. The number of benzene rings is 2. The number of methoxy groups -OCH3 is 1. The Morgan fingerprint density at radius 2 is 1.75 bits per heavy atom.